The summed E-state index contributed by atoms with van der Waals surface area (Å²) in [6.45, 7) is 13.9. The van der Waals surface area contributed by atoms with Gasteiger partial charge in [-0.15, -0.1) is 0 Å². The lowest BCUT2D eigenvalue weighted by molar-refractivity contribution is -0.116. The number of hydrogen-bond donors (Lipinski definition) is 0. The number of hydrogen-bond acceptors (Lipinski definition) is 3. The normalized spacial score (nSPS) is 13.8. The van der Waals surface area contributed by atoms with Gasteiger partial charge in [-0.3, -0.25) is 9.00 Å². The molecule has 0 aliphatic carbocycles. The lowest BCUT2D eigenvalue weighted by Crippen LogP contribution is -2.40. The molecule has 0 saturated heterocycles. The standard InChI is InChI=1S/C19H32O3SSi/c1-16-10-12-18(13-11-16)23(21)15-17(20)9-7-8-14-22-24(5,6)19(2,3)4/h10-13H,7-9,14-15H2,1-6H3. The second-order valence-corrected chi connectivity index (χ2v) is 14.2. The molecule has 0 aliphatic heterocycles. The number of rotatable bonds is 9. The third-order valence-electron chi connectivity index (χ3n) is 4.70. The maximum Gasteiger partial charge on any atom is 0.191 e. The van der Waals surface area contributed by atoms with E-state index in [-0.39, 0.29) is 16.6 Å². The topological polar surface area (TPSA) is 43.4 Å². The Morgan fingerprint density at radius 1 is 1.12 bits per heavy atom. The van der Waals surface area contributed by atoms with Crippen LogP contribution in [0.3, 0.4) is 0 Å². The third-order valence-corrected chi connectivity index (χ3v) is 10.6. The first-order valence-electron chi connectivity index (χ1n) is 8.63. The molecule has 1 aromatic rings. The Morgan fingerprint density at radius 3 is 2.25 bits per heavy atom. The molecule has 5 heteroatoms. The van der Waals surface area contributed by atoms with Crippen LogP contribution in [0.4, 0.5) is 0 Å². The van der Waals surface area contributed by atoms with Crippen LogP contribution in [0.15, 0.2) is 29.2 Å². The molecule has 0 saturated carbocycles. The first kappa shape index (κ1) is 21.3. The number of unbranched alkanes of at least 4 members (excludes halogenated alkanes) is 1. The summed E-state index contributed by atoms with van der Waals surface area (Å²) in [5.41, 5.74) is 1.13. The van der Waals surface area contributed by atoms with Crippen LogP contribution >= 0.6 is 0 Å². The van der Waals surface area contributed by atoms with Crippen molar-refractivity contribution in [2.75, 3.05) is 12.4 Å². The van der Waals surface area contributed by atoms with E-state index in [1.807, 2.05) is 31.2 Å². The van der Waals surface area contributed by atoms with E-state index < -0.39 is 19.1 Å². The van der Waals surface area contributed by atoms with Crippen molar-refractivity contribution in [3.8, 4) is 0 Å². The minimum absolute atomic E-state index is 0.0706. The van der Waals surface area contributed by atoms with Crippen LogP contribution < -0.4 is 0 Å². The summed E-state index contributed by atoms with van der Waals surface area (Å²) in [6.07, 6.45) is 2.17. The molecular weight excluding hydrogens is 336 g/mol. The molecule has 1 unspecified atom stereocenters. The summed E-state index contributed by atoms with van der Waals surface area (Å²) < 4.78 is 18.3. The zero-order chi connectivity index (χ0) is 18.4. The van der Waals surface area contributed by atoms with E-state index in [1.165, 1.54) is 0 Å². The van der Waals surface area contributed by atoms with Crippen LogP contribution in [0, 0.1) is 6.92 Å². The molecule has 0 radical (unpaired) electrons. The average Bonchev–Trinajstić information content (AvgIpc) is 2.46. The maximum absolute atomic E-state index is 12.2. The van der Waals surface area contributed by atoms with Gasteiger partial charge in [0.25, 0.3) is 0 Å². The monoisotopic (exact) mass is 368 g/mol. The van der Waals surface area contributed by atoms with Gasteiger partial charge in [0.15, 0.2) is 8.32 Å². The van der Waals surface area contributed by atoms with Crippen LogP contribution in [-0.2, 0) is 20.0 Å². The number of Topliss-reactive ketones (excluding diaryl/α,β-unsaturated/α-hetero) is 1. The Morgan fingerprint density at radius 2 is 1.71 bits per heavy atom. The molecule has 0 N–H and O–H groups in total. The number of benzene rings is 1. The highest BCUT2D eigenvalue weighted by atomic mass is 32.2. The van der Waals surface area contributed by atoms with Crippen molar-refractivity contribution < 1.29 is 13.4 Å². The van der Waals surface area contributed by atoms with Crippen molar-refractivity contribution in [1.29, 1.82) is 0 Å². The van der Waals surface area contributed by atoms with Crippen molar-refractivity contribution >= 4 is 24.9 Å². The largest absolute Gasteiger partial charge is 0.417 e. The molecule has 24 heavy (non-hydrogen) atoms. The highest BCUT2D eigenvalue weighted by Crippen LogP contribution is 2.36. The lowest BCUT2D eigenvalue weighted by atomic mass is 10.2. The van der Waals surface area contributed by atoms with E-state index in [4.69, 9.17) is 4.43 Å². The van der Waals surface area contributed by atoms with E-state index in [0.29, 0.717) is 13.0 Å². The fraction of sp³-hybridized carbons (Fsp3) is 0.632. The summed E-state index contributed by atoms with van der Waals surface area (Å²) in [7, 11) is -2.92. The molecule has 136 valence electrons. The molecule has 0 aliphatic rings. The molecule has 1 rings (SSSR count). The Kier molecular flexibility index (Phi) is 8.03. The Balaban J connectivity index is 2.27. The molecule has 1 atom stereocenters. The van der Waals surface area contributed by atoms with Crippen molar-refractivity contribution in [2.45, 2.75) is 70.0 Å². The second-order valence-electron chi connectivity index (χ2n) is 7.91. The Labute approximate surface area is 150 Å². The van der Waals surface area contributed by atoms with Crippen LogP contribution in [0.25, 0.3) is 0 Å². The average molecular weight is 369 g/mol. The Hall–Kier alpha value is -0.783. The van der Waals surface area contributed by atoms with Gasteiger partial charge in [0.05, 0.1) is 16.6 Å². The minimum Gasteiger partial charge on any atom is -0.417 e. The minimum atomic E-state index is -1.69. The SMILES string of the molecule is Cc1ccc(S(=O)CC(=O)CCCCO[Si](C)(C)C(C)(C)C)cc1. The second kappa shape index (κ2) is 9.06. The fourth-order valence-electron chi connectivity index (χ4n) is 1.96. The fourth-order valence-corrected chi connectivity index (χ4v) is 4.09. The van der Waals surface area contributed by atoms with Gasteiger partial charge in [-0.05, 0) is 50.0 Å². The quantitative estimate of drug-likeness (QED) is 0.461. The smallest absolute Gasteiger partial charge is 0.191 e. The molecule has 0 fully saturated rings. The summed E-state index contributed by atoms with van der Waals surface area (Å²) in [5, 5.41) is 0.216. The molecule has 0 bridgehead atoms. The zero-order valence-corrected chi connectivity index (χ0v) is 17.8. The van der Waals surface area contributed by atoms with Gasteiger partial charge in [0, 0.05) is 17.9 Å². The molecule has 1 aromatic carbocycles. The van der Waals surface area contributed by atoms with Crippen molar-refractivity contribution in [3.63, 3.8) is 0 Å². The van der Waals surface area contributed by atoms with Crippen molar-refractivity contribution in [1.82, 2.24) is 0 Å². The predicted molar refractivity (Wildman–Crippen MR) is 104 cm³/mol. The van der Waals surface area contributed by atoms with Crippen LogP contribution in [0.2, 0.25) is 18.1 Å². The summed E-state index contributed by atoms with van der Waals surface area (Å²) >= 11 is 0. The summed E-state index contributed by atoms with van der Waals surface area (Å²) in [4.78, 5) is 12.7. The third kappa shape index (κ3) is 6.99. The van der Waals surface area contributed by atoms with Gasteiger partial charge >= 0.3 is 0 Å². The van der Waals surface area contributed by atoms with Gasteiger partial charge < -0.3 is 4.43 Å². The zero-order valence-electron chi connectivity index (χ0n) is 16.0. The maximum atomic E-state index is 12.2. The van der Waals surface area contributed by atoms with E-state index in [0.717, 1.165) is 23.3 Å². The molecule has 3 nitrogen and oxygen atoms in total. The highest BCUT2D eigenvalue weighted by Gasteiger charge is 2.36. The summed E-state index contributed by atoms with van der Waals surface area (Å²) in [5.74, 6) is 0.188. The molecule has 0 amide bonds. The summed E-state index contributed by atoms with van der Waals surface area (Å²) in [6, 6.07) is 7.53. The molecule has 0 heterocycles. The van der Waals surface area contributed by atoms with Crippen LogP contribution in [0.5, 0.6) is 0 Å². The molecular formula is C19H32O3SSi. The predicted octanol–water partition coefficient (Wildman–Crippen LogP) is 4.86. The lowest BCUT2D eigenvalue weighted by Gasteiger charge is -2.36. The van der Waals surface area contributed by atoms with Crippen LogP contribution in [-0.4, -0.2) is 30.7 Å². The molecule has 0 spiro atoms. The molecule has 0 aromatic heterocycles. The number of ketones is 1. The Bertz CT molecular complexity index is 559. The van der Waals surface area contributed by atoms with Gasteiger partial charge in [0.1, 0.15) is 5.78 Å². The van der Waals surface area contributed by atoms with Gasteiger partial charge in [-0.1, -0.05) is 38.5 Å². The van der Waals surface area contributed by atoms with Gasteiger partial charge in [-0.25, -0.2) is 0 Å². The van der Waals surface area contributed by atoms with Crippen molar-refractivity contribution in [3.05, 3.63) is 29.8 Å². The number of aryl methyl sites for hydroxylation is 1. The van der Waals surface area contributed by atoms with E-state index >= 15 is 0 Å². The first-order chi connectivity index (χ1) is 11.0. The van der Waals surface area contributed by atoms with Crippen LogP contribution in [0.1, 0.15) is 45.6 Å². The van der Waals surface area contributed by atoms with Gasteiger partial charge in [0.2, 0.25) is 0 Å². The van der Waals surface area contributed by atoms with E-state index in [1.54, 1.807) is 0 Å². The van der Waals surface area contributed by atoms with Gasteiger partial charge in [-0.2, -0.15) is 0 Å². The highest BCUT2D eigenvalue weighted by molar-refractivity contribution is 7.85. The number of carbonyl (C=O) groups is 1. The van der Waals surface area contributed by atoms with E-state index in [2.05, 4.69) is 33.9 Å². The number of carbonyl (C=O) groups excluding carboxylic acids is 1. The van der Waals surface area contributed by atoms with E-state index in [9.17, 15) is 9.00 Å². The van der Waals surface area contributed by atoms with Crippen molar-refractivity contribution in [2.24, 2.45) is 0 Å². The first-order valence-corrected chi connectivity index (χ1v) is 12.9.